The van der Waals surface area contributed by atoms with Gasteiger partial charge in [-0.2, -0.15) is 0 Å². The fraction of sp³-hybridized carbons (Fsp3) is 0.625. The van der Waals surface area contributed by atoms with Crippen LogP contribution in [0.3, 0.4) is 0 Å². The first-order chi connectivity index (χ1) is 11.5. The van der Waals surface area contributed by atoms with Gasteiger partial charge in [0.2, 0.25) is 23.6 Å². The minimum absolute atomic E-state index is 0.0576. The number of nitrogens with zero attached hydrogens (tertiary/aromatic N) is 2. The van der Waals surface area contributed by atoms with Crippen molar-refractivity contribution in [3.8, 4) is 0 Å². The number of amides is 4. The Labute approximate surface area is 137 Å². The summed E-state index contributed by atoms with van der Waals surface area (Å²) in [6.07, 6.45) is 3.57. The van der Waals surface area contributed by atoms with E-state index in [1.807, 2.05) is 0 Å². The van der Waals surface area contributed by atoms with Gasteiger partial charge in [-0.1, -0.05) is 12.2 Å². The molecule has 8 heteroatoms. The van der Waals surface area contributed by atoms with E-state index < -0.39 is 35.5 Å². The first-order valence-corrected chi connectivity index (χ1v) is 8.13. The summed E-state index contributed by atoms with van der Waals surface area (Å²) >= 11 is 0. The van der Waals surface area contributed by atoms with Crippen molar-refractivity contribution in [3.05, 3.63) is 12.2 Å². The topological polar surface area (TPSA) is 115 Å². The number of carbonyl (C=O) groups excluding carboxylic acids is 4. The van der Waals surface area contributed by atoms with Gasteiger partial charge in [-0.15, -0.1) is 0 Å². The Morgan fingerprint density at radius 3 is 1.21 bits per heavy atom. The predicted octanol–water partition coefficient (Wildman–Crippen LogP) is -2.01. The molecule has 5 aliphatic rings. The Bertz CT molecular complexity index is 573. The van der Waals surface area contributed by atoms with E-state index in [0.717, 1.165) is 9.80 Å². The highest BCUT2D eigenvalue weighted by Crippen LogP contribution is 2.57. The van der Waals surface area contributed by atoms with Crippen molar-refractivity contribution < 1.29 is 29.4 Å². The van der Waals surface area contributed by atoms with Crippen LogP contribution in [0.25, 0.3) is 0 Å². The summed E-state index contributed by atoms with van der Waals surface area (Å²) in [6, 6.07) is 0. The Morgan fingerprint density at radius 1 is 0.667 bits per heavy atom. The average Bonchev–Trinajstić information content (AvgIpc) is 2.99. The second-order valence-corrected chi connectivity index (χ2v) is 6.75. The lowest BCUT2D eigenvalue weighted by molar-refractivity contribution is -0.140. The van der Waals surface area contributed by atoms with Crippen LogP contribution in [0.15, 0.2) is 12.2 Å². The summed E-state index contributed by atoms with van der Waals surface area (Å²) < 4.78 is 0. The molecule has 2 heterocycles. The molecule has 2 unspecified atom stereocenters. The maximum Gasteiger partial charge on any atom is 0.233 e. The molecule has 2 saturated heterocycles. The molecule has 0 aromatic heterocycles. The smallest absolute Gasteiger partial charge is 0.233 e. The summed E-state index contributed by atoms with van der Waals surface area (Å²) in [6.45, 7) is -0.737. The van der Waals surface area contributed by atoms with Crippen molar-refractivity contribution in [2.45, 2.75) is 0 Å². The summed E-state index contributed by atoms with van der Waals surface area (Å²) in [5.74, 6) is -4.95. The zero-order valence-electron chi connectivity index (χ0n) is 12.9. The molecule has 0 radical (unpaired) electrons. The molecule has 0 aromatic rings. The van der Waals surface area contributed by atoms with Gasteiger partial charge in [0.15, 0.2) is 0 Å². The van der Waals surface area contributed by atoms with Crippen molar-refractivity contribution in [2.24, 2.45) is 35.5 Å². The molecule has 8 nitrogen and oxygen atoms in total. The van der Waals surface area contributed by atoms with E-state index in [1.165, 1.54) is 0 Å². The molecule has 0 spiro atoms. The van der Waals surface area contributed by atoms with E-state index in [1.54, 1.807) is 12.2 Å². The number of likely N-dealkylation sites (tertiary alicyclic amines) is 2. The molecule has 4 amide bonds. The second kappa shape index (κ2) is 5.22. The Balaban J connectivity index is 1.74. The molecular weight excluding hydrogens is 316 g/mol. The van der Waals surface area contributed by atoms with Crippen LogP contribution in [0.2, 0.25) is 0 Å². The Morgan fingerprint density at radius 2 is 0.958 bits per heavy atom. The lowest BCUT2D eigenvalue weighted by atomic mass is 9.54. The number of hydrogen-bond acceptors (Lipinski definition) is 6. The van der Waals surface area contributed by atoms with Crippen LogP contribution < -0.4 is 0 Å². The SMILES string of the molecule is O=C1[C@@H]2C3C=CC([C@@H]2C(=O)N1CCO)[C@@H]1C(=O)N(CCO)C(=O)[C@@H]31. The lowest BCUT2D eigenvalue weighted by Crippen LogP contribution is -2.50. The van der Waals surface area contributed by atoms with Gasteiger partial charge in [0, 0.05) is 11.8 Å². The monoisotopic (exact) mass is 334 g/mol. The fourth-order valence-electron chi connectivity index (χ4n) is 4.99. The molecule has 2 aliphatic heterocycles. The summed E-state index contributed by atoms with van der Waals surface area (Å²) in [5.41, 5.74) is 0. The maximum atomic E-state index is 12.6. The quantitative estimate of drug-likeness (QED) is 0.453. The van der Waals surface area contributed by atoms with Gasteiger partial charge in [0.05, 0.1) is 50.0 Å². The standard InChI is InChI=1S/C16H18N2O6/c19-5-3-17-13(21)9-7-1-2-8(11(9)15(17)23)12-10(7)14(22)18(4-6-20)16(12)24/h1-2,7-12,19-20H,3-6H2/t7?,8?,9-,10-,11-,12+/m0/s1. The minimum atomic E-state index is -0.633. The second-order valence-electron chi connectivity index (χ2n) is 6.75. The number of β-amino-alcohol motifs (C(OH)–C–C–N with tert-alkyl or cyclic N) is 2. The Hall–Kier alpha value is -2.06. The van der Waals surface area contributed by atoms with Crippen molar-refractivity contribution in [2.75, 3.05) is 26.3 Å². The van der Waals surface area contributed by atoms with E-state index in [9.17, 15) is 19.2 Å². The number of carbonyl (C=O) groups is 4. The number of rotatable bonds is 4. The van der Waals surface area contributed by atoms with Gasteiger partial charge in [-0.3, -0.25) is 29.0 Å². The van der Waals surface area contributed by atoms with Gasteiger partial charge in [-0.05, 0) is 0 Å². The molecule has 5 rings (SSSR count). The van der Waals surface area contributed by atoms with Gasteiger partial charge in [0.25, 0.3) is 0 Å². The van der Waals surface area contributed by atoms with E-state index in [2.05, 4.69) is 0 Å². The number of allylic oxidation sites excluding steroid dienone is 2. The molecule has 2 bridgehead atoms. The molecule has 128 valence electrons. The third kappa shape index (κ3) is 1.70. The molecule has 0 aromatic carbocycles. The van der Waals surface area contributed by atoms with E-state index >= 15 is 0 Å². The maximum absolute atomic E-state index is 12.6. The predicted molar refractivity (Wildman–Crippen MR) is 77.7 cm³/mol. The molecule has 24 heavy (non-hydrogen) atoms. The van der Waals surface area contributed by atoms with Gasteiger partial charge in [-0.25, -0.2) is 0 Å². The van der Waals surface area contributed by atoms with Crippen LogP contribution in [-0.4, -0.2) is 69.9 Å². The van der Waals surface area contributed by atoms with Crippen molar-refractivity contribution in [3.63, 3.8) is 0 Å². The molecule has 6 atom stereocenters. The summed E-state index contributed by atoms with van der Waals surface area (Å²) in [7, 11) is 0. The molecule has 1 saturated carbocycles. The molecule has 3 fully saturated rings. The van der Waals surface area contributed by atoms with Crippen LogP contribution in [0.1, 0.15) is 0 Å². The first kappa shape index (κ1) is 15.5. The van der Waals surface area contributed by atoms with Crippen molar-refractivity contribution >= 4 is 23.6 Å². The molecular formula is C16H18N2O6. The molecule has 3 aliphatic carbocycles. The third-order valence-electron chi connectivity index (χ3n) is 5.84. The van der Waals surface area contributed by atoms with Crippen molar-refractivity contribution in [1.82, 2.24) is 9.80 Å². The number of aliphatic hydroxyl groups is 2. The van der Waals surface area contributed by atoms with Gasteiger partial charge in [0.1, 0.15) is 0 Å². The highest BCUT2D eigenvalue weighted by Gasteiger charge is 2.68. The highest BCUT2D eigenvalue weighted by molar-refractivity contribution is 6.10. The summed E-state index contributed by atoms with van der Waals surface area (Å²) in [5, 5.41) is 18.2. The zero-order chi connectivity index (χ0) is 17.2. The normalized spacial score (nSPS) is 39.9. The lowest BCUT2D eigenvalue weighted by Gasteiger charge is -2.44. The molecule has 2 N–H and O–H groups in total. The van der Waals surface area contributed by atoms with Crippen LogP contribution in [0, 0.1) is 35.5 Å². The number of hydrogen-bond donors (Lipinski definition) is 2. The van der Waals surface area contributed by atoms with E-state index in [-0.39, 0.29) is 49.9 Å². The zero-order valence-corrected chi connectivity index (χ0v) is 12.9. The Kier molecular flexibility index (Phi) is 3.36. The number of aliphatic hydroxyl groups excluding tert-OH is 2. The van der Waals surface area contributed by atoms with Crippen LogP contribution >= 0.6 is 0 Å². The first-order valence-electron chi connectivity index (χ1n) is 8.13. The van der Waals surface area contributed by atoms with Crippen LogP contribution in [0.5, 0.6) is 0 Å². The fourth-order valence-corrected chi connectivity index (χ4v) is 4.99. The summed E-state index contributed by atoms with van der Waals surface area (Å²) in [4.78, 5) is 52.6. The van der Waals surface area contributed by atoms with E-state index in [0.29, 0.717) is 0 Å². The van der Waals surface area contributed by atoms with Gasteiger partial charge < -0.3 is 10.2 Å². The van der Waals surface area contributed by atoms with E-state index in [4.69, 9.17) is 10.2 Å². The van der Waals surface area contributed by atoms with Crippen LogP contribution in [0.4, 0.5) is 0 Å². The van der Waals surface area contributed by atoms with Crippen LogP contribution in [-0.2, 0) is 19.2 Å². The van der Waals surface area contributed by atoms with Gasteiger partial charge >= 0.3 is 0 Å². The number of imide groups is 2. The highest BCUT2D eigenvalue weighted by atomic mass is 16.3. The largest absolute Gasteiger partial charge is 0.395 e. The third-order valence-corrected chi connectivity index (χ3v) is 5.84. The minimum Gasteiger partial charge on any atom is -0.395 e. The average molecular weight is 334 g/mol. The van der Waals surface area contributed by atoms with Crippen molar-refractivity contribution in [1.29, 1.82) is 0 Å².